The van der Waals surface area contributed by atoms with Crippen molar-refractivity contribution in [1.29, 1.82) is 0 Å². The minimum absolute atomic E-state index is 0. The van der Waals surface area contributed by atoms with Crippen LogP contribution >= 0.6 is 24.0 Å². The van der Waals surface area contributed by atoms with E-state index in [1.165, 1.54) is 0 Å². The van der Waals surface area contributed by atoms with Gasteiger partial charge >= 0.3 is 0 Å². The fourth-order valence-corrected chi connectivity index (χ4v) is 2.26. The summed E-state index contributed by atoms with van der Waals surface area (Å²) >= 11 is 0. The maximum atomic E-state index is 5.97. The van der Waals surface area contributed by atoms with Crippen molar-refractivity contribution in [2.75, 3.05) is 20.8 Å². The van der Waals surface area contributed by atoms with Crippen LogP contribution in [0, 0.1) is 0 Å². The number of methoxy groups -OCH3 is 1. The van der Waals surface area contributed by atoms with E-state index >= 15 is 0 Å². The molecule has 0 aliphatic rings. The topological polar surface area (TPSA) is 54.9 Å². The van der Waals surface area contributed by atoms with Gasteiger partial charge in [-0.3, -0.25) is 4.99 Å². The zero-order valence-electron chi connectivity index (χ0n) is 14.9. The van der Waals surface area contributed by atoms with Gasteiger partial charge in [0.15, 0.2) is 5.96 Å². The summed E-state index contributed by atoms with van der Waals surface area (Å²) in [6.45, 7) is 3.28. The molecule has 6 heteroatoms. The second kappa shape index (κ2) is 11.7. The van der Waals surface area contributed by atoms with Gasteiger partial charge in [-0.05, 0) is 25.1 Å². The lowest BCUT2D eigenvalue weighted by Crippen LogP contribution is -2.43. The molecule has 2 rings (SSSR count). The summed E-state index contributed by atoms with van der Waals surface area (Å²) in [4.78, 5) is 4.24. The average Bonchev–Trinajstić information content (AvgIpc) is 2.61. The van der Waals surface area contributed by atoms with Gasteiger partial charge in [0, 0.05) is 32.3 Å². The number of aliphatic imine (C=N–C) groups is 1. The zero-order valence-corrected chi connectivity index (χ0v) is 17.2. The van der Waals surface area contributed by atoms with Crippen molar-refractivity contribution in [3.63, 3.8) is 0 Å². The Morgan fingerprint density at radius 1 is 1.08 bits per heavy atom. The second-order valence-corrected chi connectivity index (χ2v) is 5.45. The molecule has 5 nitrogen and oxygen atoms in total. The lowest BCUT2D eigenvalue weighted by molar-refractivity contribution is 0.179. The highest BCUT2D eigenvalue weighted by Gasteiger charge is 2.07. The molecule has 136 valence electrons. The number of halogens is 1. The first-order valence-corrected chi connectivity index (χ1v) is 8.00. The number of guanidine groups is 1. The van der Waals surface area contributed by atoms with Crippen molar-refractivity contribution in [1.82, 2.24) is 10.6 Å². The van der Waals surface area contributed by atoms with Crippen LogP contribution in [0.4, 0.5) is 0 Å². The molecule has 2 aromatic rings. The lowest BCUT2D eigenvalue weighted by atomic mass is 10.2. The number of hydrogen-bond donors (Lipinski definition) is 2. The molecule has 0 bridgehead atoms. The van der Waals surface area contributed by atoms with Crippen molar-refractivity contribution in [3.05, 3.63) is 60.2 Å². The molecule has 2 aromatic carbocycles. The van der Waals surface area contributed by atoms with Crippen LogP contribution in [0.15, 0.2) is 59.6 Å². The maximum Gasteiger partial charge on any atom is 0.191 e. The number of ether oxygens (including phenoxy) is 2. The number of benzene rings is 2. The molecule has 0 saturated carbocycles. The molecule has 2 N–H and O–H groups in total. The van der Waals surface area contributed by atoms with Gasteiger partial charge < -0.3 is 20.1 Å². The van der Waals surface area contributed by atoms with Crippen LogP contribution in [0.2, 0.25) is 0 Å². The van der Waals surface area contributed by atoms with E-state index in [0.29, 0.717) is 13.2 Å². The summed E-state index contributed by atoms with van der Waals surface area (Å²) in [5.41, 5.74) is 1.06. The third-order valence-corrected chi connectivity index (χ3v) is 3.41. The lowest BCUT2D eigenvalue weighted by Gasteiger charge is -2.18. The van der Waals surface area contributed by atoms with E-state index in [-0.39, 0.29) is 30.0 Å². The molecule has 25 heavy (non-hydrogen) atoms. The van der Waals surface area contributed by atoms with Gasteiger partial charge in [0.25, 0.3) is 0 Å². The standard InChI is InChI=1S/C19H25N3O2.HI/c1-15(14-23-3)22-19(20-2)21-13-16-9-7-8-12-18(16)24-17-10-5-4-6-11-17;/h4-12,15H,13-14H2,1-3H3,(H2,20,21,22);1H. The minimum atomic E-state index is 0. The largest absolute Gasteiger partial charge is 0.457 e. The van der Waals surface area contributed by atoms with Gasteiger partial charge in [0.1, 0.15) is 11.5 Å². The number of nitrogens with one attached hydrogen (secondary N) is 2. The Morgan fingerprint density at radius 3 is 2.44 bits per heavy atom. The number of rotatable bonds is 7. The van der Waals surface area contributed by atoms with E-state index in [4.69, 9.17) is 9.47 Å². The Labute approximate surface area is 166 Å². The predicted octanol–water partition coefficient (Wildman–Crippen LogP) is 3.80. The molecule has 0 aliphatic carbocycles. The first-order chi connectivity index (χ1) is 11.7. The van der Waals surface area contributed by atoms with Crippen LogP contribution in [-0.2, 0) is 11.3 Å². The van der Waals surface area contributed by atoms with Gasteiger partial charge in [-0.1, -0.05) is 36.4 Å². The van der Waals surface area contributed by atoms with E-state index in [0.717, 1.165) is 23.0 Å². The number of para-hydroxylation sites is 2. The Morgan fingerprint density at radius 2 is 1.76 bits per heavy atom. The highest BCUT2D eigenvalue weighted by molar-refractivity contribution is 14.0. The third-order valence-electron chi connectivity index (χ3n) is 3.41. The van der Waals surface area contributed by atoms with E-state index in [1.807, 2.05) is 61.5 Å². The molecule has 0 aromatic heterocycles. The van der Waals surface area contributed by atoms with Crippen LogP contribution in [0.5, 0.6) is 11.5 Å². The highest BCUT2D eigenvalue weighted by atomic mass is 127. The Balaban J connectivity index is 0.00000312. The predicted molar refractivity (Wildman–Crippen MR) is 113 cm³/mol. The summed E-state index contributed by atoms with van der Waals surface area (Å²) in [7, 11) is 3.44. The van der Waals surface area contributed by atoms with Crippen molar-refractivity contribution in [3.8, 4) is 11.5 Å². The summed E-state index contributed by atoms with van der Waals surface area (Å²) in [6.07, 6.45) is 0. The summed E-state index contributed by atoms with van der Waals surface area (Å²) in [5.74, 6) is 2.38. The van der Waals surface area contributed by atoms with Gasteiger partial charge in [0.05, 0.1) is 6.61 Å². The minimum Gasteiger partial charge on any atom is -0.457 e. The zero-order chi connectivity index (χ0) is 17.2. The molecule has 1 atom stereocenters. The van der Waals surface area contributed by atoms with Gasteiger partial charge in [-0.25, -0.2) is 0 Å². The fourth-order valence-electron chi connectivity index (χ4n) is 2.26. The molecule has 0 fully saturated rings. The van der Waals surface area contributed by atoms with Crippen molar-refractivity contribution >= 4 is 29.9 Å². The molecule has 0 aliphatic heterocycles. The first-order valence-electron chi connectivity index (χ1n) is 8.00. The number of hydrogen-bond acceptors (Lipinski definition) is 3. The van der Waals surface area contributed by atoms with Crippen LogP contribution < -0.4 is 15.4 Å². The van der Waals surface area contributed by atoms with Crippen LogP contribution in [0.1, 0.15) is 12.5 Å². The first kappa shape index (κ1) is 21.2. The Bertz CT molecular complexity index is 650. The van der Waals surface area contributed by atoms with Crippen molar-refractivity contribution in [2.45, 2.75) is 19.5 Å². The van der Waals surface area contributed by atoms with Gasteiger partial charge in [-0.15, -0.1) is 24.0 Å². The average molecular weight is 455 g/mol. The van der Waals surface area contributed by atoms with Crippen LogP contribution in [0.25, 0.3) is 0 Å². The molecule has 0 heterocycles. The van der Waals surface area contributed by atoms with Crippen molar-refractivity contribution < 1.29 is 9.47 Å². The fraction of sp³-hybridized carbons (Fsp3) is 0.316. The molecule has 0 saturated heterocycles. The quantitative estimate of drug-likeness (QED) is 0.379. The van der Waals surface area contributed by atoms with Crippen LogP contribution in [-0.4, -0.2) is 32.8 Å². The van der Waals surface area contributed by atoms with E-state index < -0.39 is 0 Å². The molecule has 0 spiro atoms. The van der Waals surface area contributed by atoms with Crippen molar-refractivity contribution in [2.24, 2.45) is 4.99 Å². The maximum absolute atomic E-state index is 5.97. The van der Waals surface area contributed by atoms with E-state index in [2.05, 4.69) is 15.6 Å². The molecule has 1 unspecified atom stereocenters. The van der Waals surface area contributed by atoms with Gasteiger partial charge in [-0.2, -0.15) is 0 Å². The monoisotopic (exact) mass is 455 g/mol. The smallest absolute Gasteiger partial charge is 0.191 e. The third kappa shape index (κ3) is 7.31. The summed E-state index contributed by atoms with van der Waals surface area (Å²) < 4.78 is 11.1. The number of nitrogens with zero attached hydrogens (tertiary/aromatic N) is 1. The van der Waals surface area contributed by atoms with Crippen LogP contribution in [0.3, 0.4) is 0 Å². The summed E-state index contributed by atoms with van der Waals surface area (Å²) in [5, 5.41) is 6.58. The van der Waals surface area contributed by atoms with Gasteiger partial charge in [0.2, 0.25) is 0 Å². The summed E-state index contributed by atoms with van der Waals surface area (Å²) in [6, 6.07) is 17.9. The molecular formula is C19H26IN3O2. The Kier molecular flexibility index (Phi) is 9.94. The molecule has 0 amide bonds. The second-order valence-electron chi connectivity index (χ2n) is 5.45. The Hall–Kier alpha value is -1.80. The highest BCUT2D eigenvalue weighted by Crippen LogP contribution is 2.24. The molecular weight excluding hydrogens is 429 g/mol. The van der Waals surface area contributed by atoms with E-state index in [9.17, 15) is 0 Å². The molecule has 0 radical (unpaired) electrons. The normalized spacial score (nSPS) is 12.0. The SMILES string of the molecule is CN=C(NCc1ccccc1Oc1ccccc1)NC(C)COC.I. The van der Waals surface area contributed by atoms with E-state index in [1.54, 1.807) is 14.2 Å².